The number of carbonyl (C=O) groups is 2. The van der Waals surface area contributed by atoms with Crippen molar-refractivity contribution in [1.29, 1.82) is 5.26 Å². The summed E-state index contributed by atoms with van der Waals surface area (Å²) in [6.07, 6.45) is 1.33. The number of guanidine groups is 1. The predicted octanol–water partition coefficient (Wildman–Crippen LogP) is 5.20. The Morgan fingerprint density at radius 2 is 1.98 bits per heavy atom. The van der Waals surface area contributed by atoms with Crippen LogP contribution in [0.2, 0.25) is 0 Å². The third-order valence-corrected chi connectivity index (χ3v) is 7.18. The van der Waals surface area contributed by atoms with E-state index in [2.05, 4.69) is 58.1 Å². The average Bonchev–Trinajstić information content (AvgIpc) is 3.41. The Labute approximate surface area is 237 Å². The number of allylic oxidation sites excluding steroid dienone is 2. The van der Waals surface area contributed by atoms with Crippen LogP contribution in [0.5, 0.6) is 0 Å². The number of imidazole rings is 1. The molecule has 0 amide bonds. The van der Waals surface area contributed by atoms with Crippen LogP contribution in [0.15, 0.2) is 35.6 Å². The van der Waals surface area contributed by atoms with E-state index in [1.807, 2.05) is 30.0 Å². The lowest BCUT2D eigenvalue weighted by molar-refractivity contribution is -0.156. The van der Waals surface area contributed by atoms with Crippen molar-refractivity contribution in [2.75, 3.05) is 27.2 Å². The normalized spacial score (nSPS) is 18.3. The minimum Gasteiger partial charge on any atom is -0.339 e. The molecule has 0 saturated carbocycles. The van der Waals surface area contributed by atoms with Crippen molar-refractivity contribution in [3.8, 4) is 6.07 Å². The first-order valence-corrected chi connectivity index (χ1v) is 13.0. The fraction of sp³-hybridized carbons (Fsp3) is 0.448. The molecular formula is C29H32F3N7O2. The van der Waals surface area contributed by atoms with Gasteiger partial charge in [0.15, 0.2) is 5.82 Å². The number of H-pyrrole nitrogens is 1. The van der Waals surface area contributed by atoms with Gasteiger partial charge in [0, 0.05) is 39.5 Å². The van der Waals surface area contributed by atoms with E-state index < -0.39 is 12.5 Å². The number of ketones is 1. The molecule has 1 fully saturated rings. The van der Waals surface area contributed by atoms with E-state index in [0.29, 0.717) is 5.96 Å². The van der Waals surface area contributed by atoms with Crippen molar-refractivity contribution in [1.82, 2.24) is 19.8 Å². The molecule has 0 bridgehead atoms. The molecule has 9 nitrogen and oxygen atoms in total. The summed E-state index contributed by atoms with van der Waals surface area (Å²) in [5.74, 6) is 1.03. The number of benzene rings is 1. The SMILES string of the molecule is O=CC(F)(F)F.[C-]#[N+]N=C1N(C)CC(c2ccc(CC(=O)c3ncc(C#N)[nH]3)c(C3=CCC(C)(C)CC3)c2)CN1C. The molecule has 1 aromatic carbocycles. The Kier molecular flexibility index (Phi) is 9.71. The van der Waals surface area contributed by atoms with Crippen LogP contribution in [0.4, 0.5) is 13.2 Å². The summed E-state index contributed by atoms with van der Waals surface area (Å²) >= 11 is 0. The van der Waals surface area contributed by atoms with E-state index in [1.165, 1.54) is 17.3 Å². The lowest BCUT2D eigenvalue weighted by Crippen LogP contribution is -2.49. The third-order valence-electron chi connectivity index (χ3n) is 7.18. The number of aldehydes is 1. The Balaban J connectivity index is 0.000000696. The standard InChI is InChI=1S/C27H31N7O.C2HF3O/c1-27(2)10-8-18(9-11-27)23-12-19(21-16-33(4)26(32-29-3)34(5)17-21)6-7-20(23)13-24(35)25-30-15-22(14-28)31-25;3-2(4,5)1-6/h6-8,12,15,21H,9-11,13,16-17H2,1-2,4-5H3,(H,30,31);1H. The number of nitriles is 1. The van der Waals surface area contributed by atoms with Gasteiger partial charge in [-0.15, -0.1) is 4.95 Å². The first kappa shape index (κ1) is 31.1. The molecule has 1 aliphatic heterocycles. The summed E-state index contributed by atoms with van der Waals surface area (Å²) in [5.41, 5.74) is 5.18. The summed E-state index contributed by atoms with van der Waals surface area (Å²) in [5, 5.41) is 13.0. The van der Waals surface area contributed by atoms with Crippen LogP contribution in [0.1, 0.15) is 72.0 Å². The van der Waals surface area contributed by atoms with Gasteiger partial charge in [0.1, 0.15) is 16.9 Å². The Morgan fingerprint density at radius 1 is 1.32 bits per heavy atom. The van der Waals surface area contributed by atoms with Crippen LogP contribution >= 0.6 is 0 Å². The van der Waals surface area contributed by atoms with Crippen LogP contribution in [-0.2, 0) is 11.2 Å². The summed E-state index contributed by atoms with van der Waals surface area (Å²) in [7, 11) is 3.93. The molecule has 1 aliphatic carbocycles. The van der Waals surface area contributed by atoms with Gasteiger partial charge in [0.25, 0.3) is 5.96 Å². The highest BCUT2D eigenvalue weighted by Crippen LogP contribution is 2.40. The van der Waals surface area contributed by atoms with Crippen molar-refractivity contribution in [2.24, 2.45) is 10.5 Å². The number of alkyl halides is 3. The summed E-state index contributed by atoms with van der Waals surface area (Å²) in [6.45, 7) is 13.2. The molecule has 2 aliphatic rings. The molecule has 0 radical (unpaired) electrons. The number of nitrogens with zero attached hydrogens (tertiary/aromatic N) is 6. The molecule has 1 aromatic heterocycles. The van der Waals surface area contributed by atoms with Gasteiger partial charge in [-0.1, -0.05) is 38.1 Å². The van der Waals surface area contributed by atoms with Gasteiger partial charge in [-0.3, -0.25) is 9.59 Å². The number of rotatable bonds is 5. The highest BCUT2D eigenvalue weighted by molar-refractivity contribution is 5.95. The smallest absolute Gasteiger partial charge is 0.339 e. The topological polar surface area (TPSA) is 110 Å². The molecule has 12 heteroatoms. The number of nitrogens with one attached hydrogen (secondary N) is 1. The second-order valence-corrected chi connectivity index (χ2v) is 11.0. The Morgan fingerprint density at radius 3 is 2.49 bits per heavy atom. The van der Waals surface area contributed by atoms with Gasteiger partial charge in [-0.05, 0) is 46.9 Å². The fourth-order valence-corrected chi connectivity index (χ4v) is 4.98. The Bertz CT molecular complexity index is 1410. The summed E-state index contributed by atoms with van der Waals surface area (Å²) in [4.78, 5) is 35.8. The maximum absolute atomic E-state index is 13.0. The molecule has 0 atom stereocenters. The third kappa shape index (κ3) is 8.27. The van der Waals surface area contributed by atoms with E-state index in [-0.39, 0.29) is 35.1 Å². The van der Waals surface area contributed by atoms with Gasteiger partial charge < -0.3 is 14.8 Å². The zero-order valence-electron chi connectivity index (χ0n) is 23.4. The maximum atomic E-state index is 13.0. The number of carbonyl (C=O) groups excluding carboxylic acids is 2. The number of aromatic amines is 1. The second kappa shape index (κ2) is 12.8. The van der Waals surface area contributed by atoms with Crippen LogP contribution in [0, 0.1) is 23.3 Å². The van der Waals surface area contributed by atoms with Crippen molar-refractivity contribution in [2.45, 2.75) is 51.6 Å². The van der Waals surface area contributed by atoms with Crippen molar-refractivity contribution in [3.05, 3.63) is 70.2 Å². The zero-order valence-corrected chi connectivity index (χ0v) is 23.4. The summed E-state index contributed by atoms with van der Waals surface area (Å²) < 4.78 is 31.2. The number of hydrogen-bond acceptors (Lipinski definition) is 5. The first-order valence-electron chi connectivity index (χ1n) is 13.0. The minimum absolute atomic E-state index is 0.130. The zero-order chi connectivity index (χ0) is 30.4. The van der Waals surface area contributed by atoms with Crippen LogP contribution < -0.4 is 0 Å². The van der Waals surface area contributed by atoms with Gasteiger partial charge >= 0.3 is 6.18 Å². The monoisotopic (exact) mass is 567 g/mol. The van der Waals surface area contributed by atoms with Crippen LogP contribution in [0.25, 0.3) is 10.5 Å². The molecule has 2 heterocycles. The lowest BCUT2D eigenvalue weighted by atomic mass is 9.76. The molecule has 0 unspecified atom stereocenters. The van der Waals surface area contributed by atoms with E-state index in [9.17, 15) is 18.0 Å². The van der Waals surface area contributed by atoms with Gasteiger partial charge in [-0.2, -0.15) is 25.0 Å². The first-order chi connectivity index (χ1) is 19.3. The molecule has 1 N–H and O–H groups in total. The number of aromatic nitrogens is 2. The highest BCUT2D eigenvalue weighted by atomic mass is 19.4. The van der Waals surface area contributed by atoms with Gasteiger partial charge in [0.2, 0.25) is 12.1 Å². The minimum atomic E-state index is -4.64. The predicted molar refractivity (Wildman–Crippen MR) is 148 cm³/mol. The molecule has 41 heavy (non-hydrogen) atoms. The van der Waals surface area contributed by atoms with E-state index in [4.69, 9.17) is 16.6 Å². The summed E-state index contributed by atoms with van der Waals surface area (Å²) in [6, 6.07) is 8.42. The number of halogens is 3. The quantitative estimate of drug-likeness (QED) is 0.230. The fourth-order valence-electron chi connectivity index (χ4n) is 4.98. The molecule has 4 rings (SSSR count). The van der Waals surface area contributed by atoms with Gasteiger partial charge in [-0.25, -0.2) is 4.98 Å². The average molecular weight is 568 g/mol. The number of Topliss-reactive ketones (excluding diaryl/α,β-unsaturated/α-hetero) is 1. The van der Waals surface area contributed by atoms with Crippen LogP contribution in [-0.4, -0.2) is 71.2 Å². The van der Waals surface area contributed by atoms with E-state index in [1.54, 1.807) is 0 Å². The second-order valence-electron chi connectivity index (χ2n) is 11.0. The largest absolute Gasteiger partial charge is 0.446 e. The molecular weight excluding hydrogens is 535 g/mol. The van der Waals surface area contributed by atoms with Crippen LogP contribution in [0.3, 0.4) is 0 Å². The van der Waals surface area contributed by atoms with Crippen molar-refractivity contribution >= 4 is 23.6 Å². The highest BCUT2D eigenvalue weighted by Gasteiger charge is 2.30. The lowest BCUT2D eigenvalue weighted by Gasteiger charge is -2.38. The van der Waals surface area contributed by atoms with Crippen molar-refractivity contribution < 1.29 is 22.8 Å². The molecule has 0 spiro atoms. The van der Waals surface area contributed by atoms with E-state index >= 15 is 0 Å². The van der Waals surface area contributed by atoms with Crippen molar-refractivity contribution in [3.63, 3.8) is 0 Å². The molecule has 216 valence electrons. The van der Waals surface area contributed by atoms with Gasteiger partial charge in [0.05, 0.1) is 6.20 Å². The number of hydrogen-bond donors (Lipinski definition) is 1. The number of likely N-dealkylation sites (N-methyl/N-ethyl adjacent to an activating group) is 2. The molecule has 1 saturated heterocycles. The van der Waals surface area contributed by atoms with E-state index in [0.717, 1.165) is 43.5 Å². The molecule has 2 aromatic rings. The Hall–Kier alpha value is -4.45. The maximum Gasteiger partial charge on any atom is 0.446 e.